The minimum Gasteiger partial charge on any atom is -0.459 e. The van der Waals surface area contributed by atoms with Crippen molar-refractivity contribution in [3.05, 3.63) is 108 Å². The molecule has 0 aromatic heterocycles. The molecule has 3 aromatic carbocycles. The highest BCUT2D eigenvalue weighted by molar-refractivity contribution is 6.32. The number of fused-ring (bicyclic) bond motifs is 1. The van der Waals surface area contributed by atoms with Crippen molar-refractivity contribution in [3.8, 4) is 0 Å². The number of amides is 2. The Kier molecular flexibility index (Phi) is 11.5. The molecule has 0 spiro atoms. The molecule has 0 N–H and O–H groups in total. The lowest BCUT2D eigenvalue weighted by Gasteiger charge is -2.43. The average Bonchev–Trinajstić information content (AvgIpc) is 3.46. The average molecular weight is 678 g/mol. The fourth-order valence-corrected chi connectivity index (χ4v) is 6.20. The van der Waals surface area contributed by atoms with E-state index in [1.807, 2.05) is 13.8 Å². The Labute approximate surface area is 283 Å². The van der Waals surface area contributed by atoms with Crippen molar-refractivity contribution in [2.24, 2.45) is 5.92 Å². The number of imide groups is 1. The molecule has 0 radical (unpaired) electrons. The standard InChI is InChI=1S/C36H36ClNO10/c1-3-14-22(4-2)27(37)31(39)38-28-30(47-34(42)25-19-12-7-13-20-25)29(46-33(41)24-17-10-6-11-18-24)26(45-35(28)48-36(38)43)21-44-32(40)23-15-8-5-9-16-23/h5-13,15-20,22,26-30,35H,3-4,14,21H2,1-2H3/t22-,26-,27-,28-,29-,30-,35-/m1/s1. The van der Waals surface area contributed by atoms with Crippen molar-refractivity contribution in [2.75, 3.05) is 6.61 Å². The Morgan fingerprint density at radius 3 is 1.77 bits per heavy atom. The van der Waals surface area contributed by atoms with Crippen molar-refractivity contribution in [3.63, 3.8) is 0 Å². The molecule has 12 heteroatoms. The van der Waals surface area contributed by atoms with Crippen molar-refractivity contribution in [2.45, 2.75) is 69.1 Å². The zero-order chi connectivity index (χ0) is 34.2. The van der Waals surface area contributed by atoms with Gasteiger partial charge in [-0.2, -0.15) is 0 Å². The first-order valence-corrected chi connectivity index (χ1v) is 16.2. The Morgan fingerprint density at radius 1 is 0.771 bits per heavy atom. The monoisotopic (exact) mass is 677 g/mol. The largest absolute Gasteiger partial charge is 0.459 e. The summed E-state index contributed by atoms with van der Waals surface area (Å²) in [5, 5.41) is -1.11. The Balaban J connectivity index is 1.53. The summed E-state index contributed by atoms with van der Waals surface area (Å²) in [4.78, 5) is 68.0. The first kappa shape index (κ1) is 34.6. The molecule has 2 fully saturated rings. The smallest absolute Gasteiger partial charge is 0.419 e. The number of nitrogens with zero attached hydrogens (tertiary/aromatic N) is 1. The summed E-state index contributed by atoms with van der Waals surface area (Å²) in [5.74, 6) is -3.36. The van der Waals surface area contributed by atoms with Crippen LogP contribution in [0.3, 0.4) is 0 Å². The summed E-state index contributed by atoms with van der Waals surface area (Å²) in [7, 11) is 0. The van der Waals surface area contributed by atoms with E-state index in [-0.39, 0.29) is 22.6 Å². The number of carbonyl (C=O) groups is 5. The summed E-state index contributed by atoms with van der Waals surface area (Å²) in [6.45, 7) is 3.37. The summed E-state index contributed by atoms with van der Waals surface area (Å²) in [6.07, 6.45) is -4.88. The summed E-state index contributed by atoms with van der Waals surface area (Å²) in [6, 6.07) is 22.9. The molecule has 48 heavy (non-hydrogen) atoms. The van der Waals surface area contributed by atoms with Crippen molar-refractivity contribution in [1.29, 1.82) is 0 Å². The Hall–Kier alpha value is -4.74. The molecule has 0 unspecified atom stereocenters. The van der Waals surface area contributed by atoms with E-state index >= 15 is 0 Å². The molecule has 5 rings (SSSR count). The van der Waals surface area contributed by atoms with E-state index in [9.17, 15) is 24.0 Å². The highest BCUT2D eigenvalue weighted by atomic mass is 35.5. The van der Waals surface area contributed by atoms with Gasteiger partial charge in [0.05, 0.1) is 16.7 Å². The van der Waals surface area contributed by atoms with Gasteiger partial charge in [0.25, 0.3) is 5.91 Å². The maximum Gasteiger partial charge on any atom is 0.419 e. The van der Waals surface area contributed by atoms with Crippen LogP contribution in [0.15, 0.2) is 91.0 Å². The van der Waals surface area contributed by atoms with Gasteiger partial charge in [0, 0.05) is 0 Å². The van der Waals surface area contributed by atoms with E-state index in [2.05, 4.69) is 0 Å². The van der Waals surface area contributed by atoms with E-state index in [1.165, 1.54) is 24.3 Å². The van der Waals surface area contributed by atoms with Crippen LogP contribution in [0.25, 0.3) is 0 Å². The normalized spacial score (nSPS) is 22.9. The van der Waals surface area contributed by atoms with E-state index in [0.717, 1.165) is 11.3 Å². The fourth-order valence-electron chi connectivity index (χ4n) is 5.80. The third-order valence-corrected chi connectivity index (χ3v) is 8.83. The van der Waals surface area contributed by atoms with Crippen LogP contribution in [0.2, 0.25) is 0 Å². The van der Waals surface area contributed by atoms with Crippen LogP contribution >= 0.6 is 11.6 Å². The molecule has 0 aliphatic carbocycles. The second-order valence-electron chi connectivity index (χ2n) is 11.4. The van der Waals surface area contributed by atoms with E-state index < -0.39 is 72.5 Å². The molecule has 2 heterocycles. The zero-order valence-corrected chi connectivity index (χ0v) is 27.2. The molecule has 7 atom stereocenters. The predicted octanol–water partition coefficient (Wildman–Crippen LogP) is 5.80. The predicted molar refractivity (Wildman–Crippen MR) is 172 cm³/mol. The number of halogens is 1. The molecule has 11 nitrogen and oxygen atoms in total. The van der Waals surface area contributed by atoms with Gasteiger partial charge in [0.1, 0.15) is 24.1 Å². The molecule has 2 amide bonds. The first-order valence-electron chi connectivity index (χ1n) is 15.8. The van der Waals surface area contributed by atoms with Gasteiger partial charge in [0.15, 0.2) is 12.2 Å². The second kappa shape index (κ2) is 15.9. The fraction of sp³-hybridized carbons (Fsp3) is 0.361. The molecule has 0 saturated carbocycles. The molecule has 0 bridgehead atoms. The molecule has 2 aliphatic rings. The van der Waals surface area contributed by atoms with Gasteiger partial charge < -0.3 is 23.7 Å². The first-order chi connectivity index (χ1) is 23.2. The van der Waals surface area contributed by atoms with E-state index in [0.29, 0.717) is 12.8 Å². The molecular formula is C36H36ClNO10. The molecule has 3 aromatic rings. The molecular weight excluding hydrogens is 642 g/mol. The lowest BCUT2D eigenvalue weighted by Crippen LogP contribution is -2.65. The Morgan fingerprint density at radius 2 is 1.27 bits per heavy atom. The Bertz CT molecular complexity index is 1590. The van der Waals surface area contributed by atoms with E-state index in [4.69, 9.17) is 35.3 Å². The minimum absolute atomic E-state index is 0.160. The number of carbonyl (C=O) groups excluding carboxylic acids is 5. The third-order valence-electron chi connectivity index (χ3n) is 8.29. The van der Waals surface area contributed by atoms with Gasteiger partial charge in [-0.3, -0.25) is 4.79 Å². The third kappa shape index (κ3) is 7.69. The van der Waals surface area contributed by atoms with Crippen LogP contribution in [0.1, 0.15) is 64.2 Å². The van der Waals surface area contributed by atoms with Gasteiger partial charge in [-0.1, -0.05) is 81.3 Å². The van der Waals surface area contributed by atoms with Crippen LogP contribution in [0, 0.1) is 5.92 Å². The topological polar surface area (TPSA) is 135 Å². The van der Waals surface area contributed by atoms with Crippen molar-refractivity contribution < 1.29 is 47.7 Å². The molecule has 2 saturated heterocycles. The number of alkyl halides is 1. The number of rotatable bonds is 12. The van der Waals surface area contributed by atoms with Gasteiger partial charge in [0.2, 0.25) is 6.29 Å². The van der Waals surface area contributed by atoms with Gasteiger partial charge in [-0.25, -0.2) is 24.1 Å². The quantitative estimate of drug-likeness (QED) is 0.131. The lowest BCUT2D eigenvalue weighted by molar-refractivity contribution is -0.240. The van der Waals surface area contributed by atoms with Crippen LogP contribution in [-0.4, -0.2) is 77.4 Å². The van der Waals surface area contributed by atoms with E-state index in [1.54, 1.807) is 66.7 Å². The van der Waals surface area contributed by atoms with Crippen LogP contribution in [0.4, 0.5) is 4.79 Å². The summed E-state index contributed by atoms with van der Waals surface area (Å²) in [5.41, 5.74) is 0.588. The van der Waals surface area contributed by atoms with Crippen LogP contribution in [0.5, 0.6) is 0 Å². The number of benzene rings is 3. The van der Waals surface area contributed by atoms with Gasteiger partial charge >= 0.3 is 24.0 Å². The highest BCUT2D eigenvalue weighted by Gasteiger charge is 2.61. The summed E-state index contributed by atoms with van der Waals surface area (Å²) >= 11 is 6.68. The van der Waals surface area contributed by atoms with Crippen molar-refractivity contribution in [1.82, 2.24) is 4.90 Å². The van der Waals surface area contributed by atoms with Crippen LogP contribution in [-0.2, 0) is 28.5 Å². The zero-order valence-electron chi connectivity index (χ0n) is 26.4. The van der Waals surface area contributed by atoms with Gasteiger partial charge in [-0.15, -0.1) is 11.6 Å². The number of hydrogen-bond acceptors (Lipinski definition) is 10. The molecule has 252 valence electrons. The number of ether oxygens (including phenoxy) is 5. The summed E-state index contributed by atoms with van der Waals surface area (Å²) < 4.78 is 29.1. The lowest BCUT2D eigenvalue weighted by atomic mass is 9.93. The number of esters is 3. The minimum atomic E-state index is -1.52. The second-order valence-corrected chi connectivity index (χ2v) is 11.9. The van der Waals surface area contributed by atoms with Crippen molar-refractivity contribution >= 4 is 41.5 Å². The van der Waals surface area contributed by atoms with Crippen LogP contribution < -0.4 is 0 Å². The highest BCUT2D eigenvalue weighted by Crippen LogP contribution is 2.37. The molecule has 2 aliphatic heterocycles. The number of hydrogen-bond donors (Lipinski definition) is 0. The van der Waals surface area contributed by atoms with Gasteiger partial charge in [-0.05, 0) is 48.7 Å². The SMILES string of the molecule is CCC[C@@H](CC)[C@@H](Cl)C(=O)N1C(=O)O[C@H]2O[C@H](COC(=O)c3ccccc3)[C@@H](OC(=O)c3ccccc3)[C@H](OC(=O)c3ccccc3)[C@H]21. The maximum atomic E-state index is 13.9. The maximum absolute atomic E-state index is 13.9.